The van der Waals surface area contributed by atoms with Gasteiger partial charge in [-0.25, -0.2) is 9.79 Å². The number of nitrogens with zero attached hydrogens (tertiary/aromatic N) is 1. The first-order valence-electron chi connectivity index (χ1n) is 5.36. The van der Waals surface area contributed by atoms with Crippen molar-refractivity contribution in [1.82, 2.24) is 0 Å². The highest BCUT2D eigenvalue weighted by molar-refractivity contribution is 6.39. The second kappa shape index (κ2) is 6.54. The van der Waals surface area contributed by atoms with Crippen molar-refractivity contribution in [3.63, 3.8) is 0 Å². The lowest BCUT2D eigenvalue weighted by atomic mass is 10.2. The zero-order chi connectivity index (χ0) is 13.5. The van der Waals surface area contributed by atoms with Crippen molar-refractivity contribution >= 4 is 23.3 Å². The number of esters is 2. The number of rotatable bonds is 4. The normalized spacial score (nSPS) is 10.9. The molecule has 0 radical (unpaired) electrons. The van der Waals surface area contributed by atoms with Crippen LogP contribution >= 0.6 is 0 Å². The molecule has 0 unspecified atom stereocenters. The predicted octanol–water partition coefficient (Wildman–Crippen LogP) is 1.80. The van der Waals surface area contributed by atoms with Gasteiger partial charge in [-0.05, 0) is 24.6 Å². The highest BCUT2D eigenvalue weighted by Gasteiger charge is 2.16. The molecule has 5 heteroatoms. The van der Waals surface area contributed by atoms with E-state index in [0.717, 1.165) is 5.56 Å². The van der Waals surface area contributed by atoms with Crippen LogP contribution in [-0.4, -0.2) is 31.9 Å². The van der Waals surface area contributed by atoms with Gasteiger partial charge in [-0.2, -0.15) is 0 Å². The van der Waals surface area contributed by atoms with Gasteiger partial charge >= 0.3 is 11.9 Å². The lowest BCUT2D eigenvalue weighted by molar-refractivity contribution is -0.140. The number of aryl methyl sites for hydroxylation is 1. The SMILES string of the molecule is COC(=O)C/C(=N\c1cccc(C)c1)C(=O)OC. The van der Waals surface area contributed by atoms with Gasteiger partial charge in [0.15, 0.2) is 0 Å². The molecule has 0 fully saturated rings. The molecule has 0 aliphatic heterocycles. The Balaban J connectivity index is 3.02. The summed E-state index contributed by atoms with van der Waals surface area (Å²) in [7, 11) is 2.50. The summed E-state index contributed by atoms with van der Waals surface area (Å²) < 4.78 is 9.09. The lowest BCUT2D eigenvalue weighted by Gasteiger charge is -2.04. The Kier molecular flexibility index (Phi) is 5.05. The molecule has 0 heterocycles. The molecule has 0 atom stereocenters. The van der Waals surface area contributed by atoms with E-state index in [4.69, 9.17) is 0 Å². The number of methoxy groups -OCH3 is 2. The van der Waals surface area contributed by atoms with E-state index in [1.165, 1.54) is 14.2 Å². The van der Waals surface area contributed by atoms with Crippen LogP contribution in [0.3, 0.4) is 0 Å². The van der Waals surface area contributed by atoms with Crippen molar-refractivity contribution in [3.8, 4) is 0 Å². The van der Waals surface area contributed by atoms with Gasteiger partial charge in [0.2, 0.25) is 0 Å². The van der Waals surface area contributed by atoms with E-state index >= 15 is 0 Å². The minimum absolute atomic E-state index is 0.0231. The van der Waals surface area contributed by atoms with E-state index in [2.05, 4.69) is 14.5 Å². The fraction of sp³-hybridized carbons (Fsp3) is 0.308. The number of ether oxygens (including phenoxy) is 2. The second-order valence-corrected chi connectivity index (χ2v) is 3.64. The van der Waals surface area contributed by atoms with Crippen LogP contribution in [0.2, 0.25) is 0 Å². The monoisotopic (exact) mass is 249 g/mol. The molecule has 5 nitrogen and oxygen atoms in total. The first-order valence-corrected chi connectivity index (χ1v) is 5.36. The van der Waals surface area contributed by atoms with E-state index in [9.17, 15) is 9.59 Å². The summed E-state index contributed by atoms with van der Waals surface area (Å²) in [5, 5.41) is 0. The van der Waals surface area contributed by atoms with Gasteiger partial charge in [0.25, 0.3) is 0 Å². The Morgan fingerprint density at radius 1 is 1.22 bits per heavy atom. The van der Waals surface area contributed by atoms with Crippen LogP contribution in [0.25, 0.3) is 0 Å². The van der Waals surface area contributed by atoms with Gasteiger partial charge in [-0.1, -0.05) is 12.1 Å². The molecular weight excluding hydrogens is 234 g/mol. The van der Waals surface area contributed by atoms with E-state index in [1.54, 1.807) is 12.1 Å². The largest absolute Gasteiger partial charge is 0.469 e. The van der Waals surface area contributed by atoms with Crippen molar-refractivity contribution in [2.45, 2.75) is 13.3 Å². The minimum atomic E-state index is -0.637. The van der Waals surface area contributed by atoms with Crippen LogP contribution < -0.4 is 0 Å². The number of hydrogen-bond donors (Lipinski definition) is 0. The van der Waals surface area contributed by atoms with Gasteiger partial charge in [0, 0.05) is 0 Å². The molecule has 96 valence electrons. The Labute approximate surface area is 105 Å². The van der Waals surface area contributed by atoms with Crippen molar-refractivity contribution in [2.24, 2.45) is 4.99 Å². The molecule has 0 bridgehead atoms. The number of carbonyl (C=O) groups excluding carboxylic acids is 2. The molecule has 0 N–H and O–H groups in total. The molecule has 0 aliphatic rings. The van der Waals surface area contributed by atoms with E-state index in [-0.39, 0.29) is 12.1 Å². The average molecular weight is 249 g/mol. The summed E-state index contributed by atoms with van der Waals surface area (Å²) in [6, 6.07) is 7.28. The quantitative estimate of drug-likeness (QED) is 0.603. The molecule has 0 aromatic heterocycles. The predicted molar refractivity (Wildman–Crippen MR) is 66.9 cm³/mol. The number of aliphatic imine (C=N–C) groups is 1. The first-order chi connectivity index (χ1) is 8.56. The van der Waals surface area contributed by atoms with Crippen LogP contribution in [0.4, 0.5) is 5.69 Å². The van der Waals surface area contributed by atoms with Crippen molar-refractivity contribution in [1.29, 1.82) is 0 Å². The van der Waals surface area contributed by atoms with Crippen molar-refractivity contribution in [2.75, 3.05) is 14.2 Å². The van der Waals surface area contributed by atoms with Crippen LogP contribution in [0, 0.1) is 6.92 Å². The molecule has 18 heavy (non-hydrogen) atoms. The number of carbonyl (C=O) groups is 2. The van der Waals surface area contributed by atoms with E-state index in [1.807, 2.05) is 19.1 Å². The molecular formula is C13H15NO4. The summed E-state index contributed by atoms with van der Waals surface area (Å²) in [6.45, 7) is 1.91. The zero-order valence-corrected chi connectivity index (χ0v) is 10.6. The number of benzene rings is 1. The van der Waals surface area contributed by atoms with E-state index < -0.39 is 11.9 Å². The molecule has 0 spiro atoms. The molecule has 0 amide bonds. The maximum atomic E-state index is 11.5. The highest BCUT2D eigenvalue weighted by Crippen LogP contribution is 2.14. The van der Waals surface area contributed by atoms with Crippen LogP contribution in [-0.2, 0) is 19.1 Å². The van der Waals surface area contributed by atoms with Gasteiger partial charge in [-0.3, -0.25) is 4.79 Å². The molecule has 0 saturated carbocycles. The fourth-order valence-electron chi connectivity index (χ4n) is 1.34. The van der Waals surface area contributed by atoms with Crippen molar-refractivity contribution in [3.05, 3.63) is 29.8 Å². The molecule has 1 aromatic carbocycles. The fourth-order valence-corrected chi connectivity index (χ4v) is 1.34. The van der Waals surface area contributed by atoms with E-state index in [0.29, 0.717) is 5.69 Å². The lowest BCUT2D eigenvalue weighted by Crippen LogP contribution is -2.20. The summed E-state index contributed by atoms with van der Waals surface area (Å²) in [4.78, 5) is 26.8. The van der Waals surface area contributed by atoms with Crippen LogP contribution in [0.5, 0.6) is 0 Å². The Hall–Kier alpha value is -2.17. The molecule has 1 aromatic rings. The summed E-state index contributed by atoms with van der Waals surface area (Å²) in [5.41, 5.74) is 1.63. The average Bonchev–Trinajstić information content (AvgIpc) is 2.36. The first kappa shape index (κ1) is 13.9. The molecule has 0 saturated heterocycles. The summed E-state index contributed by atoms with van der Waals surface area (Å²) in [5.74, 6) is -1.17. The third-order valence-corrected chi connectivity index (χ3v) is 2.23. The van der Waals surface area contributed by atoms with Crippen molar-refractivity contribution < 1.29 is 19.1 Å². The molecule has 1 rings (SSSR count). The summed E-state index contributed by atoms with van der Waals surface area (Å²) in [6.07, 6.45) is -0.211. The Morgan fingerprint density at radius 3 is 2.50 bits per heavy atom. The van der Waals surface area contributed by atoms with Crippen LogP contribution in [0.1, 0.15) is 12.0 Å². The Bertz CT molecular complexity index is 480. The third kappa shape index (κ3) is 4.01. The van der Waals surface area contributed by atoms with Gasteiger partial charge < -0.3 is 9.47 Å². The van der Waals surface area contributed by atoms with Gasteiger partial charge in [0.05, 0.1) is 26.3 Å². The maximum Gasteiger partial charge on any atom is 0.353 e. The van der Waals surface area contributed by atoms with Crippen LogP contribution in [0.15, 0.2) is 29.3 Å². The van der Waals surface area contributed by atoms with Gasteiger partial charge in [0.1, 0.15) is 5.71 Å². The zero-order valence-electron chi connectivity index (χ0n) is 10.6. The summed E-state index contributed by atoms with van der Waals surface area (Å²) >= 11 is 0. The standard InChI is InChI=1S/C13H15NO4/c1-9-5-4-6-10(7-9)14-11(13(16)18-3)8-12(15)17-2/h4-7H,8H2,1-3H3/b14-11+. The molecule has 0 aliphatic carbocycles. The smallest absolute Gasteiger partial charge is 0.353 e. The second-order valence-electron chi connectivity index (χ2n) is 3.64. The topological polar surface area (TPSA) is 65.0 Å². The third-order valence-electron chi connectivity index (χ3n) is 2.23. The number of hydrogen-bond acceptors (Lipinski definition) is 5. The minimum Gasteiger partial charge on any atom is -0.469 e. The van der Waals surface area contributed by atoms with Gasteiger partial charge in [-0.15, -0.1) is 0 Å². The maximum absolute atomic E-state index is 11.5. The highest BCUT2D eigenvalue weighted by atomic mass is 16.5. The Morgan fingerprint density at radius 2 is 1.94 bits per heavy atom.